The molecule has 2 aromatic rings. The molecule has 2 aromatic heterocycles. The van der Waals surface area contributed by atoms with Gasteiger partial charge in [0.15, 0.2) is 0 Å². The van der Waals surface area contributed by atoms with Gasteiger partial charge in [0.05, 0.1) is 6.04 Å². The lowest BCUT2D eigenvalue weighted by Gasteiger charge is -2.03. The highest BCUT2D eigenvalue weighted by atomic mass is 32.2. The van der Waals surface area contributed by atoms with E-state index in [1.54, 1.807) is 6.92 Å². The number of nitrogens with zero attached hydrogens (tertiary/aromatic N) is 2. The van der Waals surface area contributed by atoms with E-state index < -0.39 is 5.69 Å². The summed E-state index contributed by atoms with van der Waals surface area (Å²) in [4.78, 5) is 27.6. The van der Waals surface area contributed by atoms with Gasteiger partial charge in [-0.3, -0.25) is 9.78 Å². The van der Waals surface area contributed by atoms with Crippen LogP contribution in [0, 0.1) is 6.92 Å². The molecule has 0 unspecified atom stereocenters. The van der Waals surface area contributed by atoms with Gasteiger partial charge in [0.2, 0.25) is 5.89 Å². The Labute approximate surface area is 123 Å². The van der Waals surface area contributed by atoms with Crippen LogP contribution < -0.4 is 16.6 Å². The van der Waals surface area contributed by atoms with Crippen molar-refractivity contribution >= 4 is 11.8 Å². The number of aromatic nitrogens is 4. The molecular weight excluding hydrogens is 294 g/mol. The van der Waals surface area contributed by atoms with Gasteiger partial charge in [0.1, 0.15) is 0 Å². The van der Waals surface area contributed by atoms with Crippen LogP contribution in [0.25, 0.3) is 0 Å². The minimum Gasteiger partial charge on any atom is -0.414 e. The van der Waals surface area contributed by atoms with Crippen LogP contribution in [0.2, 0.25) is 0 Å². The van der Waals surface area contributed by atoms with E-state index in [4.69, 9.17) is 4.42 Å². The molecule has 3 heterocycles. The van der Waals surface area contributed by atoms with Crippen LogP contribution in [0.15, 0.2) is 19.2 Å². The Morgan fingerprint density at radius 1 is 1.33 bits per heavy atom. The van der Waals surface area contributed by atoms with E-state index >= 15 is 0 Å². The number of aryl methyl sites for hydroxylation is 1. The number of aromatic amines is 2. The Bertz CT molecular complexity index is 744. The van der Waals surface area contributed by atoms with Crippen LogP contribution >= 0.6 is 11.8 Å². The quantitative estimate of drug-likeness (QED) is 0.703. The average Bonchev–Trinajstić information content (AvgIpc) is 3.08. The minimum absolute atomic E-state index is 0.130. The molecule has 1 saturated heterocycles. The predicted octanol–water partition coefficient (Wildman–Crippen LogP) is 0.471. The first kappa shape index (κ1) is 14.1. The first-order chi connectivity index (χ1) is 10.1. The lowest BCUT2D eigenvalue weighted by molar-refractivity contribution is 0.374. The van der Waals surface area contributed by atoms with Crippen molar-refractivity contribution in [3.05, 3.63) is 38.0 Å². The van der Waals surface area contributed by atoms with E-state index in [1.807, 2.05) is 0 Å². The van der Waals surface area contributed by atoms with Crippen molar-refractivity contribution in [2.24, 2.45) is 0 Å². The summed E-state index contributed by atoms with van der Waals surface area (Å²) in [6, 6.07) is 0.130. The topological polar surface area (TPSA) is 117 Å². The number of hydrogen-bond donors (Lipinski definition) is 3. The molecule has 1 atom stereocenters. The zero-order chi connectivity index (χ0) is 14.8. The Morgan fingerprint density at radius 3 is 2.90 bits per heavy atom. The molecule has 1 aliphatic rings. The van der Waals surface area contributed by atoms with Crippen LogP contribution in [0.5, 0.6) is 0 Å². The van der Waals surface area contributed by atoms with Gasteiger partial charge in [-0.2, -0.15) is 0 Å². The first-order valence-electron chi connectivity index (χ1n) is 6.65. The third-order valence-electron chi connectivity index (χ3n) is 3.38. The summed E-state index contributed by atoms with van der Waals surface area (Å²) in [5.41, 5.74) is 0.159. The van der Waals surface area contributed by atoms with Crippen LogP contribution in [0.3, 0.4) is 0 Å². The SMILES string of the molecule is Cc1[nH]c(=O)[nH]c(=O)c1CSc1nnc([C@@H]2CCCN2)o1. The zero-order valence-corrected chi connectivity index (χ0v) is 12.2. The van der Waals surface area contributed by atoms with Gasteiger partial charge >= 0.3 is 5.69 Å². The fraction of sp³-hybridized carbons (Fsp3) is 0.500. The van der Waals surface area contributed by atoms with E-state index in [9.17, 15) is 9.59 Å². The van der Waals surface area contributed by atoms with Gasteiger partial charge in [0.25, 0.3) is 10.8 Å². The maximum atomic E-state index is 11.7. The third kappa shape index (κ3) is 3.08. The standard InChI is InChI=1S/C12H15N5O3S/c1-6-7(9(18)15-11(19)14-6)5-21-12-17-16-10(20-12)8-3-2-4-13-8/h8,13H,2-5H2,1H3,(H2,14,15,18,19)/t8-/m0/s1. The van der Waals surface area contributed by atoms with E-state index in [2.05, 4.69) is 25.5 Å². The van der Waals surface area contributed by atoms with Gasteiger partial charge < -0.3 is 14.7 Å². The van der Waals surface area contributed by atoms with Crippen molar-refractivity contribution in [1.29, 1.82) is 0 Å². The Morgan fingerprint density at radius 2 is 2.19 bits per heavy atom. The maximum Gasteiger partial charge on any atom is 0.325 e. The van der Waals surface area contributed by atoms with Crippen molar-refractivity contribution in [2.75, 3.05) is 6.54 Å². The molecule has 1 aliphatic heterocycles. The van der Waals surface area contributed by atoms with Crippen molar-refractivity contribution in [1.82, 2.24) is 25.5 Å². The monoisotopic (exact) mass is 309 g/mol. The van der Waals surface area contributed by atoms with E-state index in [-0.39, 0.29) is 11.6 Å². The van der Waals surface area contributed by atoms with Gasteiger partial charge in [-0.1, -0.05) is 11.8 Å². The molecule has 3 N–H and O–H groups in total. The predicted molar refractivity (Wildman–Crippen MR) is 76.3 cm³/mol. The summed E-state index contributed by atoms with van der Waals surface area (Å²) in [6.45, 7) is 2.65. The highest BCUT2D eigenvalue weighted by Crippen LogP contribution is 2.26. The van der Waals surface area contributed by atoms with Crippen LogP contribution in [-0.4, -0.2) is 26.7 Å². The summed E-state index contributed by atoms with van der Waals surface area (Å²) in [5, 5.41) is 11.7. The molecule has 21 heavy (non-hydrogen) atoms. The van der Waals surface area contributed by atoms with Crippen molar-refractivity contribution in [3.63, 3.8) is 0 Å². The molecule has 0 aromatic carbocycles. The van der Waals surface area contributed by atoms with Crippen molar-refractivity contribution < 1.29 is 4.42 Å². The first-order valence-corrected chi connectivity index (χ1v) is 7.63. The zero-order valence-electron chi connectivity index (χ0n) is 11.4. The number of H-pyrrole nitrogens is 2. The molecule has 0 amide bonds. The summed E-state index contributed by atoms with van der Waals surface area (Å²) < 4.78 is 5.59. The number of thioether (sulfide) groups is 1. The average molecular weight is 309 g/mol. The summed E-state index contributed by atoms with van der Waals surface area (Å²) in [7, 11) is 0. The largest absolute Gasteiger partial charge is 0.414 e. The molecule has 8 nitrogen and oxygen atoms in total. The van der Waals surface area contributed by atoms with Gasteiger partial charge in [-0.15, -0.1) is 10.2 Å². The van der Waals surface area contributed by atoms with Crippen LogP contribution in [-0.2, 0) is 5.75 Å². The van der Waals surface area contributed by atoms with E-state index in [0.29, 0.717) is 28.1 Å². The fourth-order valence-corrected chi connectivity index (χ4v) is 3.11. The van der Waals surface area contributed by atoms with Crippen LogP contribution in [0.1, 0.15) is 36.0 Å². The highest BCUT2D eigenvalue weighted by molar-refractivity contribution is 7.98. The molecule has 3 rings (SSSR count). The minimum atomic E-state index is -0.501. The molecule has 0 saturated carbocycles. The number of hydrogen-bond acceptors (Lipinski definition) is 7. The second-order valence-electron chi connectivity index (χ2n) is 4.86. The third-order valence-corrected chi connectivity index (χ3v) is 4.22. The summed E-state index contributed by atoms with van der Waals surface area (Å²) in [5.74, 6) is 0.944. The molecule has 0 spiro atoms. The number of nitrogens with one attached hydrogen (secondary N) is 3. The smallest absolute Gasteiger partial charge is 0.325 e. The normalized spacial score (nSPS) is 18.2. The van der Waals surface area contributed by atoms with E-state index in [1.165, 1.54) is 11.8 Å². The van der Waals surface area contributed by atoms with Crippen molar-refractivity contribution in [2.45, 2.75) is 36.8 Å². The Balaban J connectivity index is 1.71. The lowest BCUT2D eigenvalue weighted by Crippen LogP contribution is -2.26. The number of rotatable bonds is 4. The fourth-order valence-electron chi connectivity index (χ4n) is 2.25. The van der Waals surface area contributed by atoms with Crippen molar-refractivity contribution in [3.8, 4) is 0 Å². The second-order valence-corrected chi connectivity index (χ2v) is 5.78. The molecule has 0 bridgehead atoms. The summed E-state index contributed by atoms with van der Waals surface area (Å²) >= 11 is 1.28. The van der Waals surface area contributed by atoms with Gasteiger partial charge in [-0.25, -0.2) is 4.79 Å². The molecule has 9 heteroatoms. The molecular formula is C12H15N5O3S. The van der Waals surface area contributed by atoms with Crippen LogP contribution in [0.4, 0.5) is 0 Å². The Hall–Kier alpha value is -1.87. The molecule has 0 radical (unpaired) electrons. The second kappa shape index (κ2) is 5.86. The Kier molecular flexibility index (Phi) is 3.93. The van der Waals surface area contributed by atoms with E-state index in [0.717, 1.165) is 19.4 Å². The lowest BCUT2D eigenvalue weighted by atomic mass is 10.2. The summed E-state index contributed by atoms with van der Waals surface area (Å²) in [6.07, 6.45) is 2.09. The maximum absolute atomic E-state index is 11.7. The highest BCUT2D eigenvalue weighted by Gasteiger charge is 2.22. The van der Waals surface area contributed by atoms with Gasteiger partial charge in [0, 0.05) is 17.0 Å². The van der Waals surface area contributed by atoms with Gasteiger partial charge in [-0.05, 0) is 26.3 Å². The molecule has 1 fully saturated rings. The molecule has 0 aliphatic carbocycles. The molecule has 112 valence electrons.